The first kappa shape index (κ1) is 8.01. The minimum Gasteiger partial charge on any atom is -0.317 e. The topological polar surface area (TPSA) is 22.0 Å². The molecule has 0 fully saturated rings. The molecule has 0 bridgehead atoms. The Morgan fingerprint density at radius 3 is 3.08 bits per heavy atom. The third-order valence-corrected chi connectivity index (χ3v) is 3.36. The molecule has 0 saturated heterocycles. The zero-order valence-corrected chi connectivity index (χ0v) is 8.78. The number of nitrogens with zero attached hydrogens (tertiary/aromatic N) is 1. The highest BCUT2D eigenvalue weighted by molar-refractivity contribution is 9.11. The van der Waals surface area contributed by atoms with E-state index in [2.05, 4.69) is 15.9 Å². The van der Waals surface area contributed by atoms with Crippen LogP contribution in [0.1, 0.15) is 0 Å². The van der Waals surface area contributed by atoms with E-state index in [1.54, 1.807) is 17.8 Å². The molecule has 0 unspecified atom stereocenters. The summed E-state index contributed by atoms with van der Waals surface area (Å²) in [6.07, 6.45) is 1.78. The van der Waals surface area contributed by atoms with Gasteiger partial charge in [-0.1, -0.05) is 0 Å². The van der Waals surface area contributed by atoms with Gasteiger partial charge in [0.2, 0.25) is 0 Å². The molecular formula is C8H6BrNOS. The fraction of sp³-hybridized carbons (Fsp3) is 0.125. The molecule has 62 valence electrons. The molecule has 4 heteroatoms. The number of halogens is 1. The lowest BCUT2D eigenvalue weighted by atomic mass is 10.3. The predicted octanol–water partition coefficient (Wildman–Crippen LogP) is 2.36. The quantitative estimate of drug-likeness (QED) is 0.697. The highest BCUT2D eigenvalue weighted by Gasteiger charge is 2.03. The van der Waals surface area contributed by atoms with Crippen LogP contribution < -0.4 is 5.56 Å². The van der Waals surface area contributed by atoms with Crippen molar-refractivity contribution >= 4 is 37.4 Å². The normalized spacial score (nSPS) is 10.8. The Balaban J connectivity index is 2.99. The van der Waals surface area contributed by atoms with Gasteiger partial charge in [0, 0.05) is 18.6 Å². The summed E-state index contributed by atoms with van der Waals surface area (Å²) < 4.78 is 3.40. The first-order valence-corrected chi connectivity index (χ1v) is 5.04. The fourth-order valence-electron chi connectivity index (χ4n) is 1.08. The molecule has 2 aromatic heterocycles. The van der Waals surface area contributed by atoms with Crippen molar-refractivity contribution in [2.45, 2.75) is 0 Å². The highest BCUT2D eigenvalue weighted by Crippen LogP contribution is 2.26. The molecule has 0 aliphatic carbocycles. The summed E-state index contributed by atoms with van der Waals surface area (Å²) in [5, 5.41) is 1.01. The zero-order valence-electron chi connectivity index (χ0n) is 6.37. The van der Waals surface area contributed by atoms with Gasteiger partial charge >= 0.3 is 0 Å². The van der Waals surface area contributed by atoms with Crippen LogP contribution in [0.25, 0.3) is 10.1 Å². The Morgan fingerprint density at radius 1 is 1.58 bits per heavy atom. The number of hydrogen-bond donors (Lipinski definition) is 0. The van der Waals surface area contributed by atoms with Crippen LogP contribution in [0, 0.1) is 0 Å². The summed E-state index contributed by atoms with van der Waals surface area (Å²) >= 11 is 4.83. The average Bonchev–Trinajstić information content (AvgIpc) is 2.39. The number of aromatic nitrogens is 1. The van der Waals surface area contributed by atoms with Crippen LogP contribution in [0.5, 0.6) is 0 Å². The molecule has 0 aromatic carbocycles. The van der Waals surface area contributed by atoms with E-state index in [4.69, 9.17) is 0 Å². The largest absolute Gasteiger partial charge is 0.317 e. The minimum absolute atomic E-state index is 0.0724. The van der Waals surface area contributed by atoms with Crippen molar-refractivity contribution in [3.8, 4) is 0 Å². The Morgan fingerprint density at radius 2 is 2.33 bits per heavy atom. The van der Waals surface area contributed by atoms with Gasteiger partial charge in [-0.25, -0.2) is 0 Å². The van der Waals surface area contributed by atoms with Gasteiger partial charge in [-0.3, -0.25) is 4.79 Å². The lowest BCUT2D eigenvalue weighted by Crippen LogP contribution is -2.13. The van der Waals surface area contributed by atoms with Crippen LogP contribution in [-0.4, -0.2) is 4.57 Å². The zero-order chi connectivity index (χ0) is 8.72. The Hall–Kier alpha value is -0.610. The number of thiophene rings is 1. The van der Waals surface area contributed by atoms with Crippen LogP contribution in [0.2, 0.25) is 0 Å². The number of hydrogen-bond acceptors (Lipinski definition) is 2. The maximum absolute atomic E-state index is 11.5. The average molecular weight is 244 g/mol. The molecule has 0 radical (unpaired) electrons. The number of pyridine rings is 1. The third kappa shape index (κ3) is 1.11. The lowest BCUT2D eigenvalue weighted by Gasteiger charge is -1.93. The van der Waals surface area contributed by atoms with Crippen LogP contribution in [0.4, 0.5) is 0 Å². The molecule has 2 aromatic rings. The molecule has 0 aliphatic rings. The van der Waals surface area contributed by atoms with Crippen LogP contribution >= 0.6 is 27.3 Å². The molecule has 12 heavy (non-hydrogen) atoms. The molecule has 0 atom stereocenters. The minimum atomic E-state index is 0.0724. The lowest BCUT2D eigenvalue weighted by molar-refractivity contribution is 0.875. The van der Waals surface area contributed by atoms with Crippen LogP contribution in [-0.2, 0) is 7.05 Å². The molecule has 0 saturated carbocycles. The fourth-order valence-corrected chi connectivity index (χ4v) is 2.67. The highest BCUT2D eigenvalue weighted by atomic mass is 79.9. The van der Waals surface area contributed by atoms with E-state index < -0.39 is 0 Å². The molecule has 0 aliphatic heterocycles. The van der Waals surface area contributed by atoms with Crippen LogP contribution in [0.15, 0.2) is 26.9 Å². The van der Waals surface area contributed by atoms with E-state index in [9.17, 15) is 4.79 Å². The SMILES string of the molecule is Cn1ccc2cc(Br)sc2c1=O. The monoisotopic (exact) mass is 243 g/mol. The van der Waals surface area contributed by atoms with Crippen molar-refractivity contribution in [2.24, 2.45) is 7.05 Å². The van der Waals surface area contributed by atoms with E-state index in [0.717, 1.165) is 13.9 Å². The van der Waals surface area contributed by atoms with Gasteiger partial charge in [0.1, 0.15) is 4.70 Å². The standard InChI is InChI=1S/C8H6BrNOS/c1-10-3-2-5-4-6(9)12-7(5)8(10)11/h2-4H,1H3. The number of aryl methyl sites for hydroxylation is 1. The van der Waals surface area contributed by atoms with Gasteiger partial charge in [-0.05, 0) is 28.1 Å². The van der Waals surface area contributed by atoms with Gasteiger partial charge in [0.05, 0.1) is 3.79 Å². The molecule has 2 heterocycles. The molecular weight excluding hydrogens is 238 g/mol. The second-order valence-electron chi connectivity index (χ2n) is 2.57. The smallest absolute Gasteiger partial charge is 0.268 e. The van der Waals surface area contributed by atoms with Crippen molar-refractivity contribution in [3.63, 3.8) is 0 Å². The van der Waals surface area contributed by atoms with E-state index in [1.807, 2.05) is 12.1 Å². The molecule has 0 N–H and O–H groups in total. The summed E-state index contributed by atoms with van der Waals surface area (Å²) in [4.78, 5) is 11.5. The van der Waals surface area contributed by atoms with Gasteiger partial charge < -0.3 is 4.57 Å². The van der Waals surface area contributed by atoms with Crippen molar-refractivity contribution in [1.82, 2.24) is 4.57 Å². The maximum Gasteiger partial charge on any atom is 0.268 e. The van der Waals surface area contributed by atoms with Gasteiger partial charge in [0.25, 0.3) is 5.56 Å². The van der Waals surface area contributed by atoms with Gasteiger partial charge in [-0.2, -0.15) is 0 Å². The van der Waals surface area contributed by atoms with Gasteiger partial charge in [0.15, 0.2) is 0 Å². The van der Waals surface area contributed by atoms with E-state index in [0.29, 0.717) is 0 Å². The van der Waals surface area contributed by atoms with Crippen molar-refractivity contribution in [2.75, 3.05) is 0 Å². The summed E-state index contributed by atoms with van der Waals surface area (Å²) in [5.41, 5.74) is 0.0724. The molecule has 2 nitrogen and oxygen atoms in total. The first-order valence-electron chi connectivity index (χ1n) is 3.43. The van der Waals surface area contributed by atoms with Crippen molar-refractivity contribution < 1.29 is 0 Å². The van der Waals surface area contributed by atoms with Gasteiger partial charge in [-0.15, -0.1) is 11.3 Å². The van der Waals surface area contributed by atoms with Crippen LogP contribution in [0.3, 0.4) is 0 Å². The van der Waals surface area contributed by atoms with Crippen molar-refractivity contribution in [3.05, 3.63) is 32.5 Å². The second kappa shape index (κ2) is 2.71. The summed E-state index contributed by atoms with van der Waals surface area (Å²) in [6.45, 7) is 0. The Kier molecular flexibility index (Phi) is 1.81. The van der Waals surface area contributed by atoms with E-state index in [-0.39, 0.29) is 5.56 Å². The third-order valence-electron chi connectivity index (χ3n) is 1.72. The molecule has 0 spiro atoms. The molecule has 0 amide bonds. The number of rotatable bonds is 0. The number of fused-ring (bicyclic) bond motifs is 1. The summed E-state index contributed by atoms with van der Waals surface area (Å²) in [7, 11) is 1.76. The first-order chi connectivity index (χ1) is 5.68. The molecule has 2 rings (SSSR count). The Bertz CT molecular complexity index is 485. The Labute approximate surface area is 81.6 Å². The van der Waals surface area contributed by atoms with E-state index in [1.165, 1.54) is 11.3 Å². The summed E-state index contributed by atoms with van der Waals surface area (Å²) in [5.74, 6) is 0. The summed E-state index contributed by atoms with van der Waals surface area (Å²) in [6, 6.07) is 3.90. The maximum atomic E-state index is 11.5. The predicted molar refractivity (Wildman–Crippen MR) is 54.8 cm³/mol. The second-order valence-corrected chi connectivity index (χ2v) is 5.00. The van der Waals surface area contributed by atoms with E-state index >= 15 is 0 Å². The van der Waals surface area contributed by atoms with Crippen molar-refractivity contribution in [1.29, 1.82) is 0 Å².